The van der Waals surface area contributed by atoms with E-state index in [1.807, 2.05) is 0 Å². The van der Waals surface area contributed by atoms with Gasteiger partial charge in [-0.1, -0.05) is 31.9 Å². The molecule has 1 aliphatic heterocycles. The first-order chi connectivity index (χ1) is 9.69. The molecule has 1 atom stereocenters. The zero-order valence-electron chi connectivity index (χ0n) is 10.6. The third kappa shape index (κ3) is 2.07. The van der Waals surface area contributed by atoms with E-state index in [1.54, 1.807) is 0 Å². The van der Waals surface area contributed by atoms with Gasteiger partial charge < -0.3 is 10.3 Å². The van der Waals surface area contributed by atoms with Crippen LogP contribution in [0.1, 0.15) is 17.3 Å². The summed E-state index contributed by atoms with van der Waals surface area (Å²) in [5, 5.41) is 4.83. The summed E-state index contributed by atoms with van der Waals surface area (Å²) in [6, 6.07) is 15.3. The third-order valence-electron chi connectivity index (χ3n) is 3.80. The van der Waals surface area contributed by atoms with Gasteiger partial charge in [0.1, 0.15) is 0 Å². The molecule has 2 N–H and O–H groups in total. The first-order valence-electron chi connectivity index (χ1n) is 6.52. The van der Waals surface area contributed by atoms with Gasteiger partial charge >= 0.3 is 0 Å². The second-order valence-electron chi connectivity index (χ2n) is 5.16. The molecule has 2 aromatic carbocycles. The number of benzene rings is 2. The Bertz CT molecular complexity index is 807. The number of hydrogen-bond donors (Lipinski definition) is 2. The molecule has 3 aromatic rings. The summed E-state index contributed by atoms with van der Waals surface area (Å²) in [5.74, 6) is 0. The number of hydrogen-bond acceptors (Lipinski definition) is 1. The van der Waals surface area contributed by atoms with Crippen molar-refractivity contribution in [2.24, 2.45) is 0 Å². The van der Waals surface area contributed by atoms with E-state index >= 15 is 0 Å². The highest BCUT2D eigenvalue weighted by atomic mass is 79.9. The Balaban J connectivity index is 1.71. The van der Waals surface area contributed by atoms with Gasteiger partial charge in [-0.15, -0.1) is 0 Å². The average Bonchev–Trinajstić information content (AvgIpc) is 3.00. The van der Waals surface area contributed by atoms with E-state index < -0.39 is 0 Å². The summed E-state index contributed by atoms with van der Waals surface area (Å²) in [4.78, 5) is 3.52. The molecule has 0 bridgehead atoms. The summed E-state index contributed by atoms with van der Waals surface area (Å²) in [5.41, 5.74) is 5.02. The van der Waals surface area contributed by atoms with Gasteiger partial charge in [0.05, 0.1) is 6.04 Å². The van der Waals surface area contributed by atoms with E-state index in [9.17, 15) is 0 Å². The van der Waals surface area contributed by atoms with Crippen LogP contribution in [0.15, 0.2) is 51.4 Å². The molecular weight excluding hydrogens is 380 g/mol. The van der Waals surface area contributed by atoms with Gasteiger partial charge in [0, 0.05) is 37.7 Å². The fraction of sp³-hybridized carbons (Fsp3) is 0.125. The van der Waals surface area contributed by atoms with Crippen molar-refractivity contribution in [1.82, 2.24) is 4.98 Å². The maximum absolute atomic E-state index is 3.59. The van der Waals surface area contributed by atoms with Crippen LogP contribution < -0.4 is 5.32 Å². The molecule has 4 heteroatoms. The summed E-state index contributed by atoms with van der Waals surface area (Å²) >= 11 is 7.06. The van der Waals surface area contributed by atoms with Crippen molar-refractivity contribution in [3.05, 3.63) is 62.7 Å². The highest BCUT2D eigenvalue weighted by Crippen LogP contribution is 2.36. The lowest BCUT2D eigenvalue weighted by Gasteiger charge is -2.08. The minimum absolute atomic E-state index is 0.325. The zero-order chi connectivity index (χ0) is 13.7. The van der Waals surface area contributed by atoms with Crippen LogP contribution in [0.2, 0.25) is 0 Å². The van der Waals surface area contributed by atoms with Gasteiger partial charge in [-0.3, -0.25) is 0 Å². The average molecular weight is 392 g/mol. The van der Waals surface area contributed by atoms with Gasteiger partial charge in [0.15, 0.2) is 0 Å². The molecule has 0 saturated heterocycles. The number of fused-ring (bicyclic) bond motifs is 2. The number of nitrogens with one attached hydrogen (secondary N) is 2. The maximum atomic E-state index is 3.59. The molecule has 100 valence electrons. The fourth-order valence-corrected chi connectivity index (χ4v) is 3.62. The highest BCUT2D eigenvalue weighted by molar-refractivity contribution is 9.10. The number of anilines is 1. The molecule has 0 spiro atoms. The normalized spacial score (nSPS) is 17.2. The molecule has 1 unspecified atom stereocenters. The molecule has 20 heavy (non-hydrogen) atoms. The lowest BCUT2D eigenvalue weighted by molar-refractivity contribution is 0.799. The Morgan fingerprint density at radius 3 is 2.65 bits per heavy atom. The largest absolute Gasteiger partial charge is 0.376 e. The monoisotopic (exact) mass is 390 g/mol. The quantitative estimate of drug-likeness (QED) is 0.570. The van der Waals surface area contributed by atoms with Gasteiger partial charge in [0.2, 0.25) is 0 Å². The predicted octanol–water partition coefficient (Wildman–Crippen LogP) is 5.40. The number of aromatic nitrogens is 1. The minimum atomic E-state index is 0.325. The smallest absolute Gasteiger partial charge is 0.0704 e. The van der Waals surface area contributed by atoms with Crippen LogP contribution in [0.5, 0.6) is 0 Å². The first-order valence-corrected chi connectivity index (χ1v) is 8.11. The SMILES string of the molecule is Brc1ccc2c(c1)CC(c1cc3cc(Br)ccc3[nH]1)N2. The topological polar surface area (TPSA) is 27.8 Å². The van der Waals surface area contributed by atoms with E-state index in [4.69, 9.17) is 0 Å². The van der Waals surface area contributed by atoms with Gasteiger partial charge in [0.25, 0.3) is 0 Å². The molecule has 0 aliphatic carbocycles. The number of aromatic amines is 1. The Labute approximate surface area is 133 Å². The van der Waals surface area contributed by atoms with Crippen LogP contribution in [-0.4, -0.2) is 4.98 Å². The molecule has 0 amide bonds. The molecule has 0 radical (unpaired) electrons. The molecule has 2 nitrogen and oxygen atoms in total. The van der Waals surface area contributed by atoms with E-state index in [0.717, 1.165) is 15.4 Å². The summed E-state index contributed by atoms with van der Waals surface area (Å²) in [7, 11) is 0. The first kappa shape index (κ1) is 12.5. The summed E-state index contributed by atoms with van der Waals surface area (Å²) in [6.45, 7) is 0. The Morgan fingerprint density at radius 1 is 0.950 bits per heavy atom. The molecule has 1 aliphatic rings. The Morgan fingerprint density at radius 2 is 1.75 bits per heavy atom. The van der Waals surface area contributed by atoms with Crippen LogP contribution in [0.4, 0.5) is 5.69 Å². The molecule has 4 rings (SSSR count). The standard InChI is InChI=1S/C16H12Br2N2/c17-11-1-3-13-9(5-11)7-15(19-13)16-8-10-6-12(18)2-4-14(10)20-16/h1-7,16,19-20H,8H2. The molecular formula is C16H12Br2N2. The van der Waals surface area contributed by atoms with Crippen molar-refractivity contribution in [2.75, 3.05) is 5.32 Å². The van der Waals surface area contributed by atoms with Crippen molar-refractivity contribution >= 4 is 48.5 Å². The number of H-pyrrole nitrogens is 1. The Hall–Kier alpha value is -1.26. The lowest BCUT2D eigenvalue weighted by Crippen LogP contribution is -2.05. The van der Waals surface area contributed by atoms with E-state index in [2.05, 4.69) is 84.6 Å². The second kappa shape index (κ2) is 4.64. The van der Waals surface area contributed by atoms with Crippen molar-refractivity contribution in [3.63, 3.8) is 0 Å². The number of halogens is 2. The second-order valence-corrected chi connectivity index (χ2v) is 6.99. The van der Waals surface area contributed by atoms with E-state index in [0.29, 0.717) is 6.04 Å². The van der Waals surface area contributed by atoms with Crippen LogP contribution in [0.3, 0.4) is 0 Å². The van der Waals surface area contributed by atoms with Crippen LogP contribution in [-0.2, 0) is 6.42 Å². The van der Waals surface area contributed by atoms with Crippen molar-refractivity contribution < 1.29 is 0 Å². The third-order valence-corrected chi connectivity index (χ3v) is 4.79. The highest BCUT2D eigenvalue weighted by Gasteiger charge is 2.23. The molecule has 0 fully saturated rings. The van der Waals surface area contributed by atoms with Gasteiger partial charge in [-0.05, 0) is 48.0 Å². The van der Waals surface area contributed by atoms with Crippen LogP contribution >= 0.6 is 31.9 Å². The van der Waals surface area contributed by atoms with E-state index in [1.165, 1.54) is 27.8 Å². The predicted molar refractivity (Wildman–Crippen MR) is 90.2 cm³/mol. The van der Waals surface area contributed by atoms with E-state index in [-0.39, 0.29) is 0 Å². The van der Waals surface area contributed by atoms with Crippen molar-refractivity contribution in [2.45, 2.75) is 12.5 Å². The molecule has 2 heterocycles. The Kier molecular flexibility index (Phi) is 2.89. The summed E-state index contributed by atoms with van der Waals surface area (Å²) in [6.07, 6.45) is 1.02. The fourth-order valence-electron chi connectivity index (χ4n) is 2.83. The van der Waals surface area contributed by atoms with Crippen LogP contribution in [0, 0.1) is 0 Å². The minimum Gasteiger partial charge on any atom is -0.376 e. The van der Waals surface area contributed by atoms with Gasteiger partial charge in [-0.25, -0.2) is 0 Å². The zero-order valence-corrected chi connectivity index (χ0v) is 13.8. The van der Waals surface area contributed by atoms with Crippen molar-refractivity contribution in [1.29, 1.82) is 0 Å². The lowest BCUT2D eigenvalue weighted by atomic mass is 10.1. The van der Waals surface area contributed by atoms with Crippen LogP contribution in [0.25, 0.3) is 10.9 Å². The van der Waals surface area contributed by atoms with Crippen molar-refractivity contribution in [3.8, 4) is 0 Å². The van der Waals surface area contributed by atoms with Gasteiger partial charge in [-0.2, -0.15) is 0 Å². The summed E-state index contributed by atoms with van der Waals surface area (Å²) < 4.78 is 2.25. The molecule has 1 aromatic heterocycles. The maximum Gasteiger partial charge on any atom is 0.0704 e. The molecule has 0 saturated carbocycles. The number of rotatable bonds is 1.